The molecular formula is C9H12N2O2. The maximum atomic E-state index is 9.02. The van der Waals surface area contributed by atoms with Gasteiger partial charge in [0, 0.05) is 18.9 Å². The van der Waals surface area contributed by atoms with E-state index < -0.39 is 0 Å². The molecule has 1 aromatic rings. The Balaban J connectivity index is 1.91. The second-order valence-electron chi connectivity index (χ2n) is 3.29. The smallest absolute Gasteiger partial charge is 0.213 e. The monoisotopic (exact) mass is 180 g/mol. The van der Waals surface area contributed by atoms with Gasteiger partial charge >= 0.3 is 0 Å². The van der Waals surface area contributed by atoms with Gasteiger partial charge in [0.05, 0.1) is 18.0 Å². The van der Waals surface area contributed by atoms with Crippen LogP contribution < -0.4 is 10.5 Å². The summed E-state index contributed by atoms with van der Waals surface area (Å²) < 4.78 is 5.45. The van der Waals surface area contributed by atoms with E-state index in [2.05, 4.69) is 4.98 Å². The van der Waals surface area contributed by atoms with Crippen molar-refractivity contribution in [1.29, 1.82) is 0 Å². The zero-order chi connectivity index (χ0) is 9.26. The number of rotatable bonds is 2. The quantitative estimate of drug-likeness (QED) is 0.698. The number of aliphatic hydroxyl groups excluding tert-OH is 1. The van der Waals surface area contributed by atoms with E-state index in [-0.39, 0.29) is 12.2 Å². The molecule has 1 aliphatic rings. The SMILES string of the molecule is Nc1ccc(O[C@H]2C[C@H](O)C2)nc1. The second kappa shape index (κ2) is 3.22. The highest BCUT2D eigenvalue weighted by atomic mass is 16.5. The maximum Gasteiger partial charge on any atom is 0.213 e. The molecule has 1 aromatic heterocycles. The van der Waals surface area contributed by atoms with E-state index in [1.807, 2.05) is 0 Å². The third-order valence-corrected chi connectivity index (χ3v) is 2.12. The summed E-state index contributed by atoms with van der Waals surface area (Å²) in [4.78, 5) is 4.00. The average Bonchev–Trinajstić information content (AvgIpc) is 2.06. The molecule has 0 radical (unpaired) electrons. The van der Waals surface area contributed by atoms with Crippen LogP contribution in [0.3, 0.4) is 0 Å². The Morgan fingerprint density at radius 1 is 1.46 bits per heavy atom. The van der Waals surface area contributed by atoms with Gasteiger partial charge in [0.25, 0.3) is 0 Å². The number of pyridine rings is 1. The fourth-order valence-corrected chi connectivity index (χ4v) is 1.27. The van der Waals surface area contributed by atoms with Crippen molar-refractivity contribution in [2.45, 2.75) is 25.0 Å². The molecule has 0 atom stereocenters. The van der Waals surface area contributed by atoms with Gasteiger partial charge in [0.1, 0.15) is 6.10 Å². The molecule has 13 heavy (non-hydrogen) atoms. The van der Waals surface area contributed by atoms with E-state index in [0.717, 1.165) is 0 Å². The van der Waals surface area contributed by atoms with E-state index in [9.17, 15) is 0 Å². The van der Waals surface area contributed by atoms with Gasteiger partial charge in [-0.2, -0.15) is 0 Å². The molecule has 1 fully saturated rings. The predicted molar refractivity (Wildman–Crippen MR) is 48.3 cm³/mol. The van der Waals surface area contributed by atoms with Gasteiger partial charge in [-0.25, -0.2) is 4.98 Å². The van der Waals surface area contributed by atoms with Gasteiger partial charge < -0.3 is 15.6 Å². The molecule has 2 rings (SSSR count). The molecule has 0 spiro atoms. The Morgan fingerprint density at radius 2 is 2.23 bits per heavy atom. The zero-order valence-electron chi connectivity index (χ0n) is 7.18. The summed E-state index contributed by atoms with van der Waals surface area (Å²) in [5.74, 6) is 0.575. The van der Waals surface area contributed by atoms with E-state index in [0.29, 0.717) is 24.4 Å². The summed E-state index contributed by atoms with van der Waals surface area (Å²) >= 11 is 0. The van der Waals surface area contributed by atoms with Crippen molar-refractivity contribution in [2.24, 2.45) is 0 Å². The molecule has 0 saturated heterocycles. The maximum absolute atomic E-state index is 9.02. The minimum Gasteiger partial charge on any atom is -0.474 e. The zero-order valence-corrected chi connectivity index (χ0v) is 7.18. The number of ether oxygens (including phenoxy) is 1. The first-order valence-electron chi connectivity index (χ1n) is 4.30. The number of nitrogens with two attached hydrogens (primary N) is 1. The van der Waals surface area contributed by atoms with Crippen LogP contribution in [0.2, 0.25) is 0 Å². The first-order valence-corrected chi connectivity index (χ1v) is 4.30. The Labute approximate surface area is 76.4 Å². The highest BCUT2D eigenvalue weighted by molar-refractivity contribution is 5.36. The van der Waals surface area contributed by atoms with Crippen LogP contribution in [0.5, 0.6) is 5.88 Å². The predicted octanol–water partition coefficient (Wildman–Crippen LogP) is 0.566. The van der Waals surface area contributed by atoms with Crippen LogP contribution in [0, 0.1) is 0 Å². The largest absolute Gasteiger partial charge is 0.474 e. The molecule has 0 bridgehead atoms. The lowest BCUT2D eigenvalue weighted by molar-refractivity contribution is -0.0128. The molecule has 0 amide bonds. The molecule has 70 valence electrons. The van der Waals surface area contributed by atoms with Gasteiger partial charge in [0.15, 0.2) is 0 Å². The number of aliphatic hydroxyl groups is 1. The van der Waals surface area contributed by atoms with E-state index >= 15 is 0 Å². The Morgan fingerprint density at radius 3 is 2.77 bits per heavy atom. The minimum absolute atomic E-state index is 0.117. The molecule has 4 heteroatoms. The molecule has 3 N–H and O–H groups in total. The van der Waals surface area contributed by atoms with Crippen LogP contribution in [-0.4, -0.2) is 22.3 Å². The molecular weight excluding hydrogens is 168 g/mol. The molecule has 0 unspecified atom stereocenters. The molecule has 0 aliphatic heterocycles. The summed E-state index contributed by atoms with van der Waals surface area (Å²) in [7, 11) is 0. The molecule has 1 saturated carbocycles. The van der Waals surface area contributed by atoms with E-state index in [1.54, 1.807) is 18.3 Å². The number of anilines is 1. The molecule has 4 nitrogen and oxygen atoms in total. The number of nitrogens with zero attached hydrogens (tertiary/aromatic N) is 1. The summed E-state index contributed by atoms with van der Waals surface area (Å²) in [5.41, 5.74) is 6.09. The topological polar surface area (TPSA) is 68.4 Å². The van der Waals surface area contributed by atoms with E-state index in [4.69, 9.17) is 15.6 Å². The lowest BCUT2D eigenvalue weighted by atomic mass is 9.92. The Kier molecular flexibility index (Phi) is 2.06. The fourth-order valence-electron chi connectivity index (χ4n) is 1.27. The Hall–Kier alpha value is -1.29. The van der Waals surface area contributed by atoms with Gasteiger partial charge in [-0.1, -0.05) is 0 Å². The minimum atomic E-state index is -0.196. The summed E-state index contributed by atoms with van der Waals surface area (Å²) in [6, 6.07) is 3.48. The van der Waals surface area contributed by atoms with Crippen molar-refractivity contribution < 1.29 is 9.84 Å². The van der Waals surface area contributed by atoms with Crippen LogP contribution in [-0.2, 0) is 0 Å². The van der Waals surface area contributed by atoms with Crippen LogP contribution in [0.4, 0.5) is 5.69 Å². The number of hydrogen-bond acceptors (Lipinski definition) is 4. The Bertz CT molecular complexity index is 280. The van der Waals surface area contributed by atoms with Crippen LogP contribution in [0.15, 0.2) is 18.3 Å². The molecule has 0 aromatic carbocycles. The van der Waals surface area contributed by atoms with Crippen LogP contribution >= 0.6 is 0 Å². The van der Waals surface area contributed by atoms with Gasteiger partial charge in [0.2, 0.25) is 5.88 Å². The highest BCUT2D eigenvalue weighted by Gasteiger charge is 2.29. The summed E-state index contributed by atoms with van der Waals surface area (Å²) in [5, 5.41) is 9.02. The van der Waals surface area contributed by atoms with Gasteiger partial charge in [-0.3, -0.25) is 0 Å². The molecule has 1 aliphatic carbocycles. The van der Waals surface area contributed by atoms with Crippen molar-refractivity contribution in [3.8, 4) is 5.88 Å². The third-order valence-electron chi connectivity index (χ3n) is 2.12. The first-order chi connectivity index (χ1) is 6.24. The lowest BCUT2D eigenvalue weighted by Crippen LogP contribution is -2.37. The highest BCUT2D eigenvalue weighted by Crippen LogP contribution is 2.24. The van der Waals surface area contributed by atoms with Gasteiger partial charge in [-0.15, -0.1) is 0 Å². The van der Waals surface area contributed by atoms with Crippen molar-refractivity contribution in [2.75, 3.05) is 5.73 Å². The first kappa shape index (κ1) is 8.31. The third kappa shape index (κ3) is 1.89. The standard InChI is InChI=1S/C9H12N2O2/c10-6-1-2-9(11-5-6)13-8-3-7(12)4-8/h1-2,5,7-8,12H,3-4,10H2/t7-,8-. The van der Waals surface area contributed by atoms with Crippen LogP contribution in [0.25, 0.3) is 0 Å². The number of hydrogen-bond donors (Lipinski definition) is 2. The lowest BCUT2D eigenvalue weighted by Gasteiger charge is -2.30. The van der Waals surface area contributed by atoms with Crippen LogP contribution in [0.1, 0.15) is 12.8 Å². The fraction of sp³-hybridized carbons (Fsp3) is 0.444. The summed E-state index contributed by atoms with van der Waals surface area (Å²) in [6.45, 7) is 0. The van der Waals surface area contributed by atoms with E-state index in [1.165, 1.54) is 0 Å². The van der Waals surface area contributed by atoms with Crippen molar-refractivity contribution in [1.82, 2.24) is 4.98 Å². The number of nitrogen functional groups attached to an aromatic ring is 1. The van der Waals surface area contributed by atoms with Crippen molar-refractivity contribution in [3.63, 3.8) is 0 Å². The van der Waals surface area contributed by atoms with Gasteiger partial charge in [-0.05, 0) is 6.07 Å². The second-order valence-corrected chi connectivity index (χ2v) is 3.29. The normalized spacial score (nSPS) is 26.5. The number of aromatic nitrogens is 1. The van der Waals surface area contributed by atoms with Crippen molar-refractivity contribution in [3.05, 3.63) is 18.3 Å². The molecule has 1 heterocycles. The summed E-state index contributed by atoms with van der Waals surface area (Å²) in [6.07, 6.45) is 2.88. The average molecular weight is 180 g/mol. The van der Waals surface area contributed by atoms with Crippen molar-refractivity contribution >= 4 is 5.69 Å².